The predicted molar refractivity (Wildman–Crippen MR) is 83.1 cm³/mol. The van der Waals surface area contributed by atoms with Gasteiger partial charge in [0.15, 0.2) is 0 Å². The molecule has 0 rings (SSSR count). The van der Waals surface area contributed by atoms with Crippen molar-refractivity contribution in [2.45, 2.75) is 54.4 Å². The predicted octanol–water partition coefficient (Wildman–Crippen LogP) is 4.38. The molecule has 0 spiro atoms. The van der Waals surface area contributed by atoms with E-state index in [-0.39, 0.29) is 10.8 Å². The molecule has 0 aromatic carbocycles. The van der Waals surface area contributed by atoms with Gasteiger partial charge in [0.1, 0.15) is 11.6 Å². The lowest BCUT2D eigenvalue weighted by Gasteiger charge is -2.16. The maximum Gasteiger partial charge on any atom is 0.139 e. The number of ketones is 2. The molecule has 0 fully saturated rings. The summed E-state index contributed by atoms with van der Waals surface area (Å²) >= 11 is 0. The molecule has 0 aliphatic rings. The van der Waals surface area contributed by atoms with Gasteiger partial charge in [0.25, 0.3) is 0 Å². The van der Waals surface area contributed by atoms with E-state index in [2.05, 4.69) is 0 Å². The van der Waals surface area contributed by atoms with Gasteiger partial charge >= 0.3 is 0 Å². The first-order valence-corrected chi connectivity index (χ1v) is 8.85. The minimum atomic E-state index is -0.229. The van der Waals surface area contributed by atoms with E-state index in [1.165, 1.54) is 0 Å². The molecule has 2 nitrogen and oxygen atoms in total. The molecule has 0 radical (unpaired) electrons. The van der Waals surface area contributed by atoms with Crippen LogP contribution in [0.5, 0.6) is 0 Å². The molecular formula is C14H26O2S2. The Morgan fingerprint density at radius 1 is 0.722 bits per heavy atom. The van der Waals surface area contributed by atoms with Crippen LogP contribution in [0.4, 0.5) is 0 Å². The second kappa shape index (κ2) is 7.59. The Morgan fingerprint density at radius 2 is 1.00 bits per heavy atom. The SMILES string of the molecule is CC(C)(C)C(=O)CCSSCCC(=O)C(C)(C)C. The summed E-state index contributed by atoms with van der Waals surface area (Å²) in [5.41, 5.74) is -0.457. The zero-order valence-corrected chi connectivity index (χ0v) is 14.1. The van der Waals surface area contributed by atoms with Crippen LogP contribution < -0.4 is 0 Å². The van der Waals surface area contributed by atoms with Crippen molar-refractivity contribution in [3.05, 3.63) is 0 Å². The van der Waals surface area contributed by atoms with Crippen LogP contribution >= 0.6 is 21.6 Å². The molecule has 106 valence electrons. The smallest absolute Gasteiger partial charge is 0.139 e. The monoisotopic (exact) mass is 290 g/mol. The summed E-state index contributed by atoms with van der Waals surface area (Å²) < 4.78 is 0. The molecule has 0 heterocycles. The average molecular weight is 290 g/mol. The highest BCUT2D eigenvalue weighted by Gasteiger charge is 2.21. The first kappa shape index (κ1) is 18.0. The number of hydrogen-bond donors (Lipinski definition) is 0. The Morgan fingerprint density at radius 3 is 1.22 bits per heavy atom. The highest BCUT2D eigenvalue weighted by molar-refractivity contribution is 8.76. The van der Waals surface area contributed by atoms with Gasteiger partial charge in [-0.05, 0) is 0 Å². The van der Waals surface area contributed by atoms with Crippen LogP contribution in [-0.4, -0.2) is 23.1 Å². The lowest BCUT2D eigenvalue weighted by Crippen LogP contribution is -2.20. The highest BCUT2D eigenvalue weighted by Crippen LogP contribution is 2.27. The molecule has 0 aromatic rings. The van der Waals surface area contributed by atoms with Crippen molar-refractivity contribution in [1.29, 1.82) is 0 Å². The Bertz CT molecular complexity index is 255. The fourth-order valence-electron chi connectivity index (χ4n) is 1.14. The summed E-state index contributed by atoms with van der Waals surface area (Å²) in [6.45, 7) is 11.7. The van der Waals surface area contributed by atoms with Gasteiger partial charge in [-0.25, -0.2) is 0 Å². The highest BCUT2D eigenvalue weighted by atomic mass is 33.1. The van der Waals surface area contributed by atoms with E-state index in [9.17, 15) is 9.59 Å². The topological polar surface area (TPSA) is 34.1 Å². The van der Waals surface area contributed by atoms with Crippen molar-refractivity contribution in [2.24, 2.45) is 10.8 Å². The number of Topliss-reactive ketones (excluding diaryl/α,β-unsaturated/α-hetero) is 2. The van der Waals surface area contributed by atoms with Gasteiger partial charge in [0.05, 0.1) is 0 Å². The Labute approximate surface area is 119 Å². The standard InChI is InChI=1S/C14H26O2S2/c1-13(2,3)11(15)7-9-17-18-10-8-12(16)14(4,5)6/h7-10H2,1-6H3. The number of hydrogen-bond acceptors (Lipinski definition) is 4. The molecule has 0 amide bonds. The van der Waals surface area contributed by atoms with Crippen molar-refractivity contribution in [1.82, 2.24) is 0 Å². The molecule has 0 atom stereocenters. The molecule has 18 heavy (non-hydrogen) atoms. The maximum absolute atomic E-state index is 11.7. The molecule has 0 aliphatic heterocycles. The average Bonchev–Trinajstić information content (AvgIpc) is 2.19. The van der Waals surface area contributed by atoms with Crippen molar-refractivity contribution in [2.75, 3.05) is 11.5 Å². The molecule has 0 aliphatic carbocycles. The van der Waals surface area contributed by atoms with Crippen LogP contribution in [-0.2, 0) is 9.59 Å². The quantitative estimate of drug-likeness (QED) is 0.515. The second-order valence-electron chi connectivity index (χ2n) is 6.49. The molecule has 4 heteroatoms. The fraction of sp³-hybridized carbons (Fsp3) is 0.857. The van der Waals surface area contributed by atoms with Crippen LogP contribution in [0.15, 0.2) is 0 Å². The van der Waals surface area contributed by atoms with Gasteiger partial charge < -0.3 is 0 Å². The lowest BCUT2D eigenvalue weighted by molar-refractivity contribution is -0.126. The van der Waals surface area contributed by atoms with Crippen molar-refractivity contribution < 1.29 is 9.59 Å². The third kappa shape index (κ3) is 8.20. The van der Waals surface area contributed by atoms with E-state index in [0.29, 0.717) is 24.4 Å². The first-order valence-electron chi connectivity index (χ1n) is 6.36. The molecule has 0 N–H and O–H groups in total. The van der Waals surface area contributed by atoms with Crippen LogP contribution in [0.3, 0.4) is 0 Å². The van der Waals surface area contributed by atoms with Crippen molar-refractivity contribution in [3.63, 3.8) is 0 Å². The summed E-state index contributed by atoms with van der Waals surface area (Å²) in [6, 6.07) is 0. The third-order valence-electron chi connectivity index (χ3n) is 2.58. The normalized spacial score (nSPS) is 12.6. The minimum absolute atomic E-state index is 0.229. The van der Waals surface area contributed by atoms with Gasteiger partial charge in [0.2, 0.25) is 0 Å². The van der Waals surface area contributed by atoms with Crippen LogP contribution in [0.1, 0.15) is 54.4 Å². The van der Waals surface area contributed by atoms with E-state index in [4.69, 9.17) is 0 Å². The number of carbonyl (C=O) groups excluding carboxylic acids is 2. The second-order valence-corrected chi connectivity index (χ2v) is 9.19. The molecule has 0 saturated carbocycles. The van der Waals surface area contributed by atoms with Crippen molar-refractivity contribution >= 4 is 33.2 Å². The lowest BCUT2D eigenvalue weighted by atomic mass is 9.89. The summed E-state index contributed by atoms with van der Waals surface area (Å²) in [4.78, 5) is 23.3. The van der Waals surface area contributed by atoms with Crippen LogP contribution in [0.25, 0.3) is 0 Å². The zero-order valence-electron chi connectivity index (χ0n) is 12.5. The summed E-state index contributed by atoms with van der Waals surface area (Å²) in [5, 5.41) is 0. The zero-order chi connectivity index (χ0) is 14.4. The summed E-state index contributed by atoms with van der Waals surface area (Å²) in [7, 11) is 3.39. The Kier molecular flexibility index (Phi) is 7.60. The van der Waals surface area contributed by atoms with Crippen LogP contribution in [0.2, 0.25) is 0 Å². The fourth-order valence-corrected chi connectivity index (χ4v) is 3.12. The molecule has 0 saturated heterocycles. The van der Waals surface area contributed by atoms with Gasteiger partial charge in [0, 0.05) is 35.2 Å². The largest absolute Gasteiger partial charge is 0.299 e. The molecular weight excluding hydrogens is 264 g/mol. The summed E-state index contributed by atoms with van der Waals surface area (Å²) in [6.07, 6.45) is 1.24. The van der Waals surface area contributed by atoms with E-state index < -0.39 is 0 Å². The molecule has 0 bridgehead atoms. The Hall–Kier alpha value is 0.0400. The van der Waals surface area contributed by atoms with E-state index >= 15 is 0 Å². The van der Waals surface area contributed by atoms with E-state index in [1.807, 2.05) is 41.5 Å². The van der Waals surface area contributed by atoms with Crippen molar-refractivity contribution in [3.8, 4) is 0 Å². The van der Waals surface area contributed by atoms with E-state index in [0.717, 1.165) is 11.5 Å². The van der Waals surface area contributed by atoms with Gasteiger partial charge in [-0.2, -0.15) is 0 Å². The molecule has 0 aromatic heterocycles. The van der Waals surface area contributed by atoms with E-state index in [1.54, 1.807) is 21.6 Å². The number of rotatable bonds is 7. The van der Waals surface area contributed by atoms with Gasteiger partial charge in [-0.1, -0.05) is 63.1 Å². The number of carbonyl (C=O) groups is 2. The Balaban J connectivity index is 3.60. The van der Waals surface area contributed by atoms with Gasteiger partial charge in [-0.15, -0.1) is 0 Å². The van der Waals surface area contributed by atoms with Crippen LogP contribution in [0, 0.1) is 10.8 Å². The molecule has 0 unspecified atom stereocenters. The maximum atomic E-state index is 11.7. The minimum Gasteiger partial charge on any atom is -0.299 e. The first-order chi connectivity index (χ1) is 8.05. The van der Waals surface area contributed by atoms with Gasteiger partial charge in [-0.3, -0.25) is 9.59 Å². The summed E-state index contributed by atoms with van der Waals surface area (Å²) in [5.74, 6) is 2.29. The third-order valence-corrected chi connectivity index (χ3v) is 4.99.